The lowest BCUT2D eigenvalue weighted by Crippen LogP contribution is -2.49. The Kier molecular flexibility index (Phi) is 4.72. The van der Waals surface area contributed by atoms with Crippen LogP contribution in [0.2, 0.25) is 5.02 Å². The molecule has 1 fully saturated rings. The lowest BCUT2D eigenvalue weighted by Gasteiger charge is -2.37. The zero-order valence-electron chi connectivity index (χ0n) is 16.3. The van der Waals surface area contributed by atoms with Crippen LogP contribution in [0.25, 0.3) is 15.9 Å². The second kappa shape index (κ2) is 7.41. The Labute approximate surface area is 181 Å². The molecule has 1 saturated heterocycles. The number of rotatable bonds is 2. The van der Waals surface area contributed by atoms with Crippen LogP contribution in [-0.2, 0) is 0 Å². The summed E-state index contributed by atoms with van der Waals surface area (Å²) in [6.45, 7) is 4.75. The van der Waals surface area contributed by atoms with Gasteiger partial charge in [-0.25, -0.2) is 4.98 Å². The molecular formula is C22H19ClN4O2S. The first-order chi connectivity index (χ1) is 14.5. The van der Waals surface area contributed by atoms with Crippen LogP contribution in [0.4, 0.5) is 5.69 Å². The number of amides is 1. The number of piperazine rings is 1. The Morgan fingerprint density at radius 2 is 1.90 bits per heavy atom. The molecule has 0 atom stereocenters. The maximum absolute atomic E-state index is 13.1. The van der Waals surface area contributed by atoms with E-state index in [1.165, 1.54) is 21.3 Å². The average molecular weight is 439 g/mol. The van der Waals surface area contributed by atoms with Gasteiger partial charge in [0.15, 0.2) is 0 Å². The Hall–Kier alpha value is -2.90. The highest BCUT2D eigenvalue weighted by Crippen LogP contribution is 2.25. The number of carbonyl (C=O) groups excluding carboxylic acids is 1. The van der Waals surface area contributed by atoms with Crippen LogP contribution < -0.4 is 10.5 Å². The van der Waals surface area contributed by atoms with Crippen LogP contribution >= 0.6 is 22.9 Å². The van der Waals surface area contributed by atoms with E-state index in [0.29, 0.717) is 39.5 Å². The lowest BCUT2D eigenvalue weighted by atomic mass is 10.1. The second-order valence-corrected chi connectivity index (χ2v) is 8.76. The van der Waals surface area contributed by atoms with E-state index in [4.69, 9.17) is 11.6 Å². The minimum atomic E-state index is -0.138. The number of carbonyl (C=O) groups is 1. The van der Waals surface area contributed by atoms with Gasteiger partial charge in [-0.3, -0.25) is 14.0 Å². The number of pyridine rings is 1. The highest BCUT2D eigenvalue weighted by Gasteiger charge is 2.23. The van der Waals surface area contributed by atoms with Gasteiger partial charge >= 0.3 is 0 Å². The van der Waals surface area contributed by atoms with Gasteiger partial charge in [0.1, 0.15) is 10.3 Å². The maximum Gasteiger partial charge on any atom is 0.275 e. The van der Waals surface area contributed by atoms with Gasteiger partial charge in [-0.2, -0.15) is 0 Å². The first kappa shape index (κ1) is 19.1. The number of fused-ring (bicyclic) bond motifs is 2. The third kappa shape index (κ3) is 3.24. The summed E-state index contributed by atoms with van der Waals surface area (Å²) < 4.78 is 2.07. The van der Waals surface area contributed by atoms with Crippen molar-refractivity contribution in [3.05, 3.63) is 74.5 Å². The third-order valence-electron chi connectivity index (χ3n) is 5.55. The summed E-state index contributed by atoms with van der Waals surface area (Å²) in [7, 11) is 0. The van der Waals surface area contributed by atoms with Gasteiger partial charge in [0.05, 0.1) is 11.1 Å². The van der Waals surface area contributed by atoms with Crippen molar-refractivity contribution in [3.8, 4) is 0 Å². The molecule has 0 aliphatic carbocycles. The number of anilines is 1. The predicted octanol–water partition coefficient (Wildman–Crippen LogP) is 3.83. The molecule has 3 aromatic heterocycles. The Morgan fingerprint density at radius 1 is 1.10 bits per heavy atom. The number of benzene rings is 1. The highest BCUT2D eigenvalue weighted by atomic mass is 35.5. The molecule has 0 spiro atoms. The summed E-state index contributed by atoms with van der Waals surface area (Å²) in [4.78, 5) is 34.4. The van der Waals surface area contributed by atoms with Crippen LogP contribution in [0.5, 0.6) is 0 Å². The zero-order chi connectivity index (χ0) is 20.8. The van der Waals surface area contributed by atoms with Crippen molar-refractivity contribution >= 4 is 50.4 Å². The molecule has 0 saturated carbocycles. The van der Waals surface area contributed by atoms with Gasteiger partial charge in [0.25, 0.3) is 11.5 Å². The normalized spacial score (nSPS) is 14.6. The number of aromatic nitrogens is 2. The zero-order valence-corrected chi connectivity index (χ0v) is 17.9. The molecule has 1 aliphatic heterocycles. The summed E-state index contributed by atoms with van der Waals surface area (Å²) >= 11 is 7.53. The van der Waals surface area contributed by atoms with Gasteiger partial charge in [0.2, 0.25) is 0 Å². The molecule has 30 heavy (non-hydrogen) atoms. The predicted molar refractivity (Wildman–Crippen MR) is 121 cm³/mol. The van der Waals surface area contributed by atoms with Crippen molar-refractivity contribution < 1.29 is 4.79 Å². The minimum absolute atomic E-state index is 0.0717. The molecule has 5 rings (SSSR count). The van der Waals surface area contributed by atoms with Crippen LogP contribution in [0.3, 0.4) is 0 Å². The summed E-state index contributed by atoms with van der Waals surface area (Å²) in [5, 5.41) is 2.57. The molecule has 8 heteroatoms. The Bertz CT molecular complexity index is 1340. The molecular weight excluding hydrogens is 420 g/mol. The number of hydrogen-bond donors (Lipinski definition) is 0. The molecule has 0 N–H and O–H groups in total. The second-order valence-electron chi connectivity index (χ2n) is 7.41. The van der Waals surface area contributed by atoms with E-state index in [1.54, 1.807) is 18.3 Å². The smallest absolute Gasteiger partial charge is 0.275 e. The van der Waals surface area contributed by atoms with Crippen LogP contribution in [0.15, 0.2) is 52.8 Å². The van der Waals surface area contributed by atoms with E-state index >= 15 is 0 Å². The number of halogens is 1. The SMILES string of the molecule is Cc1ccc(Cl)cc1N1CCN(C(=O)c2ccc3nc4ccsc4c(=O)n3c2)CC1. The average Bonchev–Trinajstić information content (AvgIpc) is 3.24. The van der Waals surface area contributed by atoms with Crippen LogP contribution in [0.1, 0.15) is 15.9 Å². The summed E-state index contributed by atoms with van der Waals surface area (Å²) in [5.74, 6) is -0.0717. The quantitative estimate of drug-likeness (QED) is 0.477. The topological polar surface area (TPSA) is 57.9 Å². The van der Waals surface area contributed by atoms with E-state index in [9.17, 15) is 9.59 Å². The van der Waals surface area contributed by atoms with E-state index < -0.39 is 0 Å². The molecule has 152 valence electrons. The monoisotopic (exact) mass is 438 g/mol. The van der Waals surface area contributed by atoms with Gasteiger partial charge in [-0.05, 0) is 48.2 Å². The minimum Gasteiger partial charge on any atom is -0.368 e. The maximum atomic E-state index is 13.1. The fraction of sp³-hybridized carbons (Fsp3) is 0.227. The van der Waals surface area contributed by atoms with Gasteiger partial charge in [-0.1, -0.05) is 17.7 Å². The fourth-order valence-corrected chi connectivity index (χ4v) is 4.85. The highest BCUT2D eigenvalue weighted by molar-refractivity contribution is 7.17. The number of aryl methyl sites for hydroxylation is 1. The van der Waals surface area contributed by atoms with Crippen molar-refractivity contribution in [1.82, 2.24) is 14.3 Å². The largest absolute Gasteiger partial charge is 0.368 e. The van der Waals surface area contributed by atoms with E-state index in [-0.39, 0.29) is 11.5 Å². The Balaban J connectivity index is 1.38. The summed E-state index contributed by atoms with van der Waals surface area (Å²) in [6.07, 6.45) is 1.61. The van der Waals surface area contributed by atoms with Gasteiger partial charge in [-0.15, -0.1) is 11.3 Å². The van der Waals surface area contributed by atoms with Crippen molar-refractivity contribution in [2.45, 2.75) is 6.92 Å². The number of nitrogens with zero attached hydrogens (tertiary/aromatic N) is 4. The van der Waals surface area contributed by atoms with Crippen molar-refractivity contribution in [1.29, 1.82) is 0 Å². The molecule has 4 heterocycles. The standard InChI is InChI=1S/C22H19ClN4O2S/c1-14-2-4-16(23)12-18(14)25-7-9-26(10-8-25)21(28)15-3-5-19-24-17-6-11-30-20(17)22(29)27(19)13-15/h2-6,11-13H,7-10H2,1H3. The number of hydrogen-bond acceptors (Lipinski definition) is 5. The molecule has 4 aromatic rings. The molecule has 0 unspecified atom stereocenters. The Morgan fingerprint density at radius 3 is 2.70 bits per heavy atom. The summed E-state index contributed by atoms with van der Waals surface area (Å²) in [6, 6.07) is 11.2. The van der Waals surface area contributed by atoms with Crippen LogP contribution in [0, 0.1) is 6.92 Å². The van der Waals surface area contributed by atoms with Crippen molar-refractivity contribution in [3.63, 3.8) is 0 Å². The van der Waals surface area contributed by atoms with E-state index in [2.05, 4.69) is 16.8 Å². The van der Waals surface area contributed by atoms with Crippen LogP contribution in [-0.4, -0.2) is 46.4 Å². The third-order valence-corrected chi connectivity index (χ3v) is 6.67. The van der Waals surface area contributed by atoms with E-state index in [1.807, 2.05) is 34.5 Å². The molecule has 0 bridgehead atoms. The first-order valence-electron chi connectivity index (χ1n) is 9.71. The molecule has 1 aliphatic rings. The first-order valence-corrected chi connectivity index (χ1v) is 11.0. The molecule has 6 nitrogen and oxygen atoms in total. The molecule has 0 radical (unpaired) electrons. The van der Waals surface area contributed by atoms with Crippen molar-refractivity contribution in [2.75, 3.05) is 31.1 Å². The lowest BCUT2D eigenvalue weighted by molar-refractivity contribution is 0.0746. The van der Waals surface area contributed by atoms with E-state index in [0.717, 1.165) is 18.8 Å². The summed E-state index contributed by atoms with van der Waals surface area (Å²) in [5.41, 5.74) is 3.87. The molecule has 1 amide bonds. The molecule has 1 aromatic carbocycles. The van der Waals surface area contributed by atoms with Gasteiger partial charge < -0.3 is 9.80 Å². The van der Waals surface area contributed by atoms with Crippen molar-refractivity contribution in [2.24, 2.45) is 0 Å². The number of thiophene rings is 1. The van der Waals surface area contributed by atoms with Gasteiger partial charge in [0, 0.05) is 43.1 Å². The fourth-order valence-electron chi connectivity index (χ4n) is 3.91.